The van der Waals surface area contributed by atoms with Crippen LogP contribution in [0.25, 0.3) is 22.3 Å². The van der Waals surface area contributed by atoms with Crippen LogP contribution in [0.4, 0.5) is 11.4 Å². The zero-order chi connectivity index (χ0) is 20.3. The molecule has 29 heavy (non-hydrogen) atoms. The molecule has 144 valence electrons. The molecule has 0 saturated carbocycles. The summed E-state index contributed by atoms with van der Waals surface area (Å²) < 4.78 is 0. The van der Waals surface area contributed by atoms with Gasteiger partial charge in [0.1, 0.15) is 0 Å². The van der Waals surface area contributed by atoms with E-state index in [-0.39, 0.29) is 5.41 Å². The first-order valence-electron chi connectivity index (χ1n) is 10.1. The van der Waals surface area contributed by atoms with Gasteiger partial charge < -0.3 is 5.32 Å². The molecule has 0 fully saturated rings. The van der Waals surface area contributed by atoms with Crippen molar-refractivity contribution >= 4 is 11.4 Å². The van der Waals surface area contributed by atoms with E-state index in [9.17, 15) is 0 Å². The first-order chi connectivity index (χ1) is 14.0. The van der Waals surface area contributed by atoms with E-state index < -0.39 is 0 Å². The number of rotatable bonds is 4. The van der Waals surface area contributed by atoms with E-state index >= 15 is 0 Å². The molecule has 0 heterocycles. The second-order valence-corrected chi connectivity index (χ2v) is 8.44. The minimum absolute atomic E-state index is 0.166. The fourth-order valence-corrected chi connectivity index (χ4v) is 3.59. The highest BCUT2D eigenvalue weighted by Gasteiger charge is 2.13. The molecular formula is C28H27N. The molecule has 0 atom stereocenters. The van der Waals surface area contributed by atoms with Crippen LogP contribution in [0.5, 0.6) is 0 Å². The first kappa shape index (κ1) is 19.0. The summed E-state index contributed by atoms with van der Waals surface area (Å²) in [5, 5.41) is 3.55. The fourth-order valence-electron chi connectivity index (χ4n) is 3.59. The molecule has 0 aliphatic rings. The van der Waals surface area contributed by atoms with Gasteiger partial charge in [0.05, 0.1) is 0 Å². The molecule has 1 heteroatoms. The minimum Gasteiger partial charge on any atom is -0.356 e. The number of nitrogens with one attached hydrogen (secondary N) is 1. The summed E-state index contributed by atoms with van der Waals surface area (Å²) in [5.74, 6) is 0. The van der Waals surface area contributed by atoms with E-state index in [0.717, 1.165) is 11.4 Å². The van der Waals surface area contributed by atoms with Crippen molar-refractivity contribution in [1.29, 1.82) is 0 Å². The highest BCUT2D eigenvalue weighted by Crippen LogP contribution is 2.33. The highest BCUT2D eigenvalue weighted by molar-refractivity contribution is 5.84. The van der Waals surface area contributed by atoms with Crippen molar-refractivity contribution in [2.45, 2.75) is 26.2 Å². The van der Waals surface area contributed by atoms with E-state index in [1.54, 1.807) is 0 Å². The third-order valence-corrected chi connectivity index (χ3v) is 5.23. The topological polar surface area (TPSA) is 12.0 Å². The average Bonchev–Trinajstić information content (AvgIpc) is 2.74. The molecule has 0 aliphatic carbocycles. The van der Waals surface area contributed by atoms with Crippen LogP contribution in [0.1, 0.15) is 26.3 Å². The predicted octanol–water partition coefficient (Wildman–Crippen LogP) is 8.06. The summed E-state index contributed by atoms with van der Waals surface area (Å²) in [6.45, 7) is 6.72. The van der Waals surface area contributed by atoms with Crippen LogP contribution in [0.15, 0.2) is 103 Å². The zero-order valence-corrected chi connectivity index (χ0v) is 17.3. The Morgan fingerprint density at radius 1 is 0.517 bits per heavy atom. The van der Waals surface area contributed by atoms with Crippen LogP contribution < -0.4 is 5.32 Å². The lowest BCUT2D eigenvalue weighted by Crippen LogP contribution is -2.10. The van der Waals surface area contributed by atoms with Gasteiger partial charge in [0.25, 0.3) is 0 Å². The second kappa shape index (κ2) is 7.97. The summed E-state index contributed by atoms with van der Waals surface area (Å²) in [6.07, 6.45) is 0. The molecule has 0 amide bonds. The van der Waals surface area contributed by atoms with Gasteiger partial charge >= 0.3 is 0 Å². The SMILES string of the molecule is CC(C)(C)c1ccc(Nc2cccc(-c3ccccc3-c3ccccc3)c2)cc1. The van der Waals surface area contributed by atoms with Crippen molar-refractivity contribution in [1.82, 2.24) is 0 Å². The van der Waals surface area contributed by atoms with Gasteiger partial charge in [-0.1, -0.05) is 99.6 Å². The van der Waals surface area contributed by atoms with E-state index in [1.165, 1.54) is 27.8 Å². The van der Waals surface area contributed by atoms with E-state index in [1.807, 2.05) is 0 Å². The molecule has 4 aromatic carbocycles. The largest absolute Gasteiger partial charge is 0.356 e. The van der Waals surface area contributed by atoms with Gasteiger partial charge in [0.2, 0.25) is 0 Å². The normalized spacial score (nSPS) is 11.3. The minimum atomic E-state index is 0.166. The molecule has 0 bridgehead atoms. The molecule has 0 aromatic heterocycles. The molecule has 0 saturated heterocycles. The quantitative estimate of drug-likeness (QED) is 0.379. The molecule has 4 aromatic rings. The van der Waals surface area contributed by atoms with Gasteiger partial charge in [-0.15, -0.1) is 0 Å². The standard InChI is InChI=1S/C28H27N/c1-28(2,3)23-16-18-24(19-17-23)29-25-13-9-12-22(20-25)27-15-8-7-14-26(27)21-10-5-4-6-11-21/h4-20,29H,1-3H3. The summed E-state index contributed by atoms with van der Waals surface area (Å²) in [4.78, 5) is 0. The van der Waals surface area contributed by atoms with Gasteiger partial charge in [-0.25, -0.2) is 0 Å². The van der Waals surface area contributed by atoms with Crippen molar-refractivity contribution in [3.63, 3.8) is 0 Å². The molecule has 0 aliphatic heterocycles. The van der Waals surface area contributed by atoms with Crippen molar-refractivity contribution in [2.24, 2.45) is 0 Å². The Labute approximate surface area is 174 Å². The molecule has 1 nitrogen and oxygen atoms in total. The van der Waals surface area contributed by atoms with Gasteiger partial charge in [0, 0.05) is 11.4 Å². The number of benzene rings is 4. The smallest absolute Gasteiger partial charge is 0.0390 e. The van der Waals surface area contributed by atoms with Crippen molar-refractivity contribution in [3.05, 3.63) is 109 Å². The maximum atomic E-state index is 3.55. The Morgan fingerprint density at radius 3 is 1.76 bits per heavy atom. The second-order valence-electron chi connectivity index (χ2n) is 8.44. The summed E-state index contributed by atoms with van der Waals surface area (Å²) in [5.41, 5.74) is 8.64. The van der Waals surface area contributed by atoms with Gasteiger partial charge in [-0.2, -0.15) is 0 Å². The van der Waals surface area contributed by atoms with Crippen LogP contribution in [-0.2, 0) is 5.41 Å². The Morgan fingerprint density at radius 2 is 1.10 bits per heavy atom. The molecular weight excluding hydrogens is 350 g/mol. The maximum Gasteiger partial charge on any atom is 0.0390 e. The molecule has 0 unspecified atom stereocenters. The predicted molar refractivity (Wildman–Crippen MR) is 126 cm³/mol. The molecule has 0 radical (unpaired) electrons. The maximum absolute atomic E-state index is 3.55. The van der Waals surface area contributed by atoms with Crippen LogP contribution in [0.2, 0.25) is 0 Å². The van der Waals surface area contributed by atoms with E-state index in [4.69, 9.17) is 0 Å². The summed E-state index contributed by atoms with van der Waals surface area (Å²) >= 11 is 0. The van der Waals surface area contributed by atoms with Crippen molar-refractivity contribution in [3.8, 4) is 22.3 Å². The Bertz CT molecular complexity index is 1090. The molecule has 4 rings (SSSR count). The lowest BCUT2D eigenvalue weighted by Gasteiger charge is -2.19. The van der Waals surface area contributed by atoms with Crippen LogP contribution >= 0.6 is 0 Å². The lowest BCUT2D eigenvalue weighted by atomic mass is 9.87. The van der Waals surface area contributed by atoms with E-state index in [2.05, 4.69) is 129 Å². The summed E-state index contributed by atoms with van der Waals surface area (Å²) in [6, 6.07) is 36.5. The Kier molecular flexibility index (Phi) is 5.22. The van der Waals surface area contributed by atoms with Crippen LogP contribution in [-0.4, -0.2) is 0 Å². The first-order valence-corrected chi connectivity index (χ1v) is 10.1. The molecule has 1 N–H and O–H groups in total. The Hall–Kier alpha value is -3.32. The zero-order valence-electron chi connectivity index (χ0n) is 17.3. The highest BCUT2D eigenvalue weighted by atomic mass is 14.9. The monoisotopic (exact) mass is 377 g/mol. The number of hydrogen-bond acceptors (Lipinski definition) is 1. The molecule has 0 spiro atoms. The van der Waals surface area contributed by atoms with Crippen molar-refractivity contribution < 1.29 is 0 Å². The third-order valence-electron chi connectivity index (χ3n) is 5.23. The van der Waals surface area contributed by atoms with Gasteiger partial charge in [0.15, 0.2) is 0 Å². The third kappa shape index (κ3) is 4.41. The van der Waals surface area contributed by atoms with Crippen LogP contribution in [0, 0.1) is 0 Å². The summed E-state index contributed by atoms with van der Waals surface area (Å²) in [7, 11) is 0. The Balaban J connectivity index is 1.64. The van der Waals surface area contributed by atoms with Gasteiger partial charge in [-0.3, -0.25) is 0 Å². The fraction of sp³-hybridized carbons (Fsp3) is 0.143. The number of anilines is 2. The van der Waals surface area contributed by atoms with Crippen LogP contribution in [0.3, 0.4) is 0 Å². The van der Waals surface area contributed by atoms with Crippen molar-refractivity contribution in [2.75, 3.05) is 5.32 Å². The average molecular weight is 378 g/mol. The van der Waals surface area contributed by atoms with E-state index in [0.29, 0.717) is 0 Å². The van der Waals surface area contributed by atoms with Gasteiger partial charge in [-0.05, 0) is 57.5 Å². The number of hydrogen-bond donors (Lipinski definition) is 1. The lowest BCUT2D eigenvalue weighted by molar-refractivity contribution is 0.590.